The molecule has 0 aliphatic carbocycles. The van der Waals surface area contributed by atoms with Crippen LogP contribution in [-0.2, 0) is 19.1 Å². The monoisotopic (exact) mass is 392 g/mol. The first-order valence-corrected chi connectivity index (χ1v) is 9.83. The van der Waals surface area contributed by atoms with Gasteiger partial charge in [0.05, 0.1) is 24.1 Å². The lowest BCUT2D eigenvalue weighted by atomic mass is 9.80. The number of carbonyl (C=O) groups excluding carboxylic acids is 3. The SMILES string of the molecule is CCOC(=O)[C@]1(C)N[C@H](c2cccc(C)c2)[C@H]2C(=O)N(c3ccccc3)C(=O)[C@@H]21. The maximum absolute atomic E-state index is 13.4. The highest BCUT2D eigenvalue weighted by Gasteiger charge is 2.67. The Hall–Kier alpha value is -2.99. The highest BCUT2D eigenvalue weighted by Crippen LogP contribution is 2.50. The van der Waals surface area contributed by atoms with Crippen LogP contribution in [0.1, 0.15) is 31.0 Å². The molecule has 4 rings (SSSR count). The lowest BCUT2D eigenvalue weighted by Crippen LogP contribution is -2.54. The number of carbonyl (C=O) groups is 3. The van der Waals surface area contributed by atoms with Crippen molar-refractivity contribution < 1.29 is 19.1 Å². The molecule has 150 valence electrons. The topological polar surface area (TPSA) is 75.7 Å². The second-order valence-corrected chi connectivity index (χ2v) is 7.81. The number of nitrogens with zero attached hydrogens (tertiary/aromatic N) is 1. The van der Waals surface area contributed by atoms with Crippen molar-refractivity contribution in [1.82, 2.24) is 5.32 Å². The Balaban J connectivity index is 1.82. The van der Waals surface area contributed by atoms with Gasteiger partial charge >= 0.3 is 5.97 Å². The predicted octanol–water partition coefficient (Wildman–Crippen LogP) is 2.77. The third kappa shape index (κ3) is 2.95. The molecule has 2 aliphatic rings. The number of rotatable bonds is 4. The molecule has 2 fully saturated rings. The summed E-state index contributed by atoms with van der Waals surface area (Å²) in [5.41, 5.74) is 1.16. The fourth-order valence-electron chi connectivity index (χ4n) is 4.59. The molecule has 0 bridgehead atoms. The second kappa shape index (κ2) is 7.12. The van der Waals surface area contributed by atoms with E-state index in [1.165, 1.54) is 4.90 Å². The predicted molar refractivity (Wildman–Crippen MR) is 108 cm³/mol. The molecule has 2 amide bonds. The summed E-state index contributed by atoms with van der Waals surface area (Å²) in [6.07, 6.45) is 0. The fraction of sp³-hybridized carbons (Fsp3) is 0.348. The highest BCUT2D eigenvalue weighted by atomic mass is 16.5. The first kappa shape index (κ1) is 19.3. The molecule has 2 aromatic carbocycles. The van der Waals surface area contributed by atoms with Crippen LogP contribution in [0.25, 0.3) is 0 Å². The van der Waals surface area contributed by atoms with Gasteiger partial charge in [0.2, 0.25) is 11.8 Å². The quantitative estimate of drug-likeness (QED) is 0.640. The van der Waals surface area contributed by atoms with Gasteiger partial charge in [0.1, 0.15) is 5.54 Å². The van der Waals surface area contributed by atoms with Gasteiger partial charge < -0.3 is 4.74 Å². The lowest BCUT2D eigenvalue weighted by molar-refractivity contribution is -0.153. The minimum absolute atomic E-state index is 0.202. The number of para-hydroxylation sites is 1. The molecule has 0 radical (unpaired) electrons. The van der Waals surface area contributed by atoms with Crippen molar-refractivity contribution in [2.24, 2.45) is 11.8 Å². The highest BCUT2D eigenvalue weighted by molar-refractivity contribution is 6.24. The molecule has 2 saturated heterocycles. The minimum atomic E-state index is -1.29. The molecule has 2 aliphatic heterocycles. The van der Waals surface area contributed by atoms with Crippen molar-refractivity contribution in [3.63, 3.8) is 0 Å². The van der Waals surface area contributed by atoms with Gasteiger partial charge in [0, 0.05) is 6.04 Å². The average Bonchev–Trinajstić information content (AvgIpc) is 3.17. The van der Waals surface area contributed by atoms with Gasteiger partial charge in [-0.3, -0.25) is 19.7 Å². The van der Waals surface area contributed by atoms with E-state index in [2.05, 4.69) is 5.32 Å². The number of aryl methyl sites for hydroxylation is 1. The van der Waals surface area contributed by atoms with E-state index in [0.717, 1.165) is 11.1 Å². The van der Waals surface area contributed by atoms with Gasteiger partial charge in [-0.25, -0.2) is 4.90 Å². The Kier molecular flexibility index (Phi) is 4.74. The summed E-state index contributed by atoms with van der Waals surface area (Å²) in [5.74, 6) is -2.69. The van der Waals surface area contributed by atoms with Crippen molar-refractivity contribution in [2.75, 3.05) is 11.5 Å². The van der Waals surface area contributed by atoms with Crippen molar-refractivity contribution in [2.45, 2.75) is 32.4 Å². The molecule has 6 heteroatoms. The number of hydrogen-bond acceptors (Lipinski definition) is 5. The van der Waals surface area contributed by atoms with Crippen LogP contribution in [0.2, 0.25) is 0 Å². The standard InChI is InChI=1S/C23H24N2O4/c1-4-29-22(28)23(3)18-17(19(24-23)15-10-8-9-14(2)13-15)20(26)25(21(18)27)16-11-6-5-7-12-16/h5-13,17-19,24H,4H2,1-3H3/t17-,18+,19+,23+/m0/s1. The first-order chi connectivity index (χ1) is 13.9. The van der Waals surface area contributed by atoms with Crippen LogP contribution in [0.4, 0.5) is 5.69 Å². The van der Waals surface area contributed by atoms with E-state index < -0.39 is 29.4 Å². The summed E-state index contributed by atoms with van der Waals surface area (Å²) in [7, 11) is 0. The number of esters is 1. The van der Waals surface area contributed by atoms with E-state index in [4.69, 9.17) is 4.74 Å². The molecule has 29 heavy (non-hydrogen) atoms. The minimum Gasteiger partial charge on any atom is -0.465 e. The molecule has 0 unspecified atom stereocenters. The smallest absolute Gasteiger partial charge is 0.326 e. The second-order valence-electron chi connectivity index (χ2n) is 7.81. The van der Waals surface area contributed by atoms with Gasteiger partial charge in [-0.1, -0.05) is 48.0 Å². The Bertz CT molecular complexity index is 974. The van der Waals surface area contributed by atoms with Crippen LogP contribution < -0.4 is 10.2 Å². The van der Waals surface area contributed by atoms with Crippen LogP contribution in [0, 0.1) is 18.8 Å². The number of imide groups is 1. The molecular formula is C23H24N2O4. The molecule has 1 N–H and O–H groups in total. The first-order valence-electron chi connectivity index (χ1n) is 9.83. The van der Waals surface area contributed by atoms with Crippen molar-refractivity contribution >= 4 is 23.5 Å². The van der Waals surface area contributed by atoms with Crippen molar-refractivity contribution in [3.05, 3.63) is 65.7 Å². The third-order valence-corrected chi connectivity index (χ3v) is 5.90. The number of nitrogens with one attached hydrogen (secondary N) is 1. The van der Waals surface area contributed by atoms with Crippen LogP contribution in [0.5, 0.6) is 0 Å². The van der Waals surface area contributed by atoms with Crippen molar-refractivity contribution in [3.8, 4) is 0 Å². The number of fused-ring (bicyclic) bond motifs is 1. The maximum atomic E-state index is 13.4. The number of hydrogen-bond donors (Lipinski definition) is 1. The number of amides is 2. The van der Waals surface area contributed by atoms with E-state index in [0.29, 0.717) is 5.69 Å². The average molecular weight is 392 g/mol. The summed E-state index contributed by atoms with van der Waals surface area (Å²) in [6.45, 7) is 5.56. The number of ether oxygens (including phenoxy) is 1. The zero-order valence-electron chi connectivity index (χ0n) is 16.7. The maximum Gasteiger partial charge on any atom is 0.326 e. The summed E-state index contributed by atoms with van der Waals surface area (Å²) < 4.78 is 5.29. The van der Waals surface area contributed by atoms with Gasteiger partial charge in [0.25, 0.3) is 0 Å². The van der Waals surface area contributed by atoms with E-state index in [9.17, 15) is 14.4 Å². The Labute approximate surface area is 169 Å². The zero-order valence-corrected chi connectivity index (χ0v) is 16.7. The molecule has 4 atom stereocenters. The van der Waals surface area contributed by atoms with E-state index >= 15 is 0 Å². The molecule has 0 aromatic heterocycles. The summed E-state index contributed by atoms with van der Waals surface area (Å²) >= 11 is 0. The zero-order chi connectivity index (χ0) is 20.8. The van der Waals surface area contributed by atoms with E-state index in [1.807, 2.05) is 37.3 Å². The largest absolute Gasteiger partial charge is 0.465 e. The van der Waals surface area contributed by atoms with Gasteiger partial charge in [-0.15, -0.1) is 0 Å². The molecule has 6 nitrogen and oxygen atoms in total. The third-order valence-electron chi connectivity index (χ3n) is 5.90. The van der Waals surface area contributed by atoms with Crippen molar-refractivity contribution in [1.29, 1.82) is 0 Å². The fourth-order valence-corrected chi connectivity index (χ4v) is 4.59. The molecule has 0 saturated carbocycles. The molecular weight excluding hydrogens is 368 g/mol. The Morgan fingerprint density at radius 3 is 2.48 bits per heavy atom. The summed E-state index contributed by atoms with van der Waals surface area (Å²) in [4.78, 5) is 41.0. The van der Waals surface area contributed by atoms with Crippen LogP contribution in [0.3, 0.4) is 0 Å². The number of anilines is 1. The Morgan fingerprint density at radius 1 is 1.10 bits per heavy atom. The van der Waals surface area contributed by atoms with Crippen LogP contribution in [0.15, 0.2) is 54.6 Å². The normalized spacial score (nSPS) is 28.5. The van der Waals surface area contributed by atoms with Gasteiger partial charge in [0.15, 0.2) is 0 Å². The summed E-state index contributed by atoms with van der Waals surface area (Å²) in [5, 5.41) is 3.29. The van der Waals surface area contributed by atoms with E-state index in [1.54, 1.807) is 38.1 Å². The van der Waals surface area contributed by atoms with E-state index in [-0.39, 0.29) is 18.4 Å². The van der Waals surface area contributed by atoms with Gasteiger partial charge in [-0.05, 0) is 38.5 Å². The summed E-state index contributed by atoms with van der Waals surface area (Å²) in [6, 6.07) is 16.2. The number of benzene rings is 2. The van der Waals surface area contributed by atoms with Gasteiger partial charge in [-0.2, -0.15) is 0 Å². The molecule has 2 heterocycles. The van der Waals surface area contributed by atoms with Crippen LogP contribution in [-0.4, -0.2) is 29.9 Å². The Morgan fingerprint density at radius 2 is 1.83 bits per heavy atom. The van der Waals surface area contributed by atoms with Crippen LogP contribution >= 0.6 is 0 Å². The molecule has 0 spiro atoms. The molecule has 2 aromatic rings. The lowest BCUT2D eigenvalue weighted by Gasteiger charge is -2.29.